The van der Waals surface area contributed by atoms with Gasteiger partial charge in [0.05, 0.1) is 0 Å². The standard InChI is InChI=1S/C14H18O4/c15-11(9-10-5-3-1-2-4-6-10)12-7-8-13(18-12)14(16)17/h7-8,10H,1-6,9H2,(H,16,17). The maximum atomic E-state index is 12.0. The number of carbonyl (C=O) groups excluding carboxylic acids is 1. The molecule has 1 aromatic heterocycles. The molecule has 4 heteroatoms. The zero-order chi connectivity index (χ0) is 13.0. The van der Waals surface area contributed by atoms with E-state index in [9.17, 15) is 9.59 Å². The molecule has 0 amide bonds. The number of hydrogen-bond acceptors (Lipinski definition) is 3. The molecule has 2 rings (SSSR count). The Bertz CT molecular complexity index is 425. The molecule has 0 unspecified atom stereocenters. The second kappa shape index (κ2) is 5.85. The highest BCUT2D eigenvalue weighted by Crippen LogP contribution is 2.27. The summed E-state index contributed by atoms with van der Waals surface area (Å²) < 4.78 is 5.03. The molecule has 0 spiro atoms. The van der Waals surface area contributed by atoms with E-state index in [0.29, 0.717) is 12.3 Å². The first kappa shape index (κ1) is 12.9. The number of carboxylic acid groups (broad SMARTS) is 1. The molecule has 1 aliphatic carbocycles. The van der Waals surface area contributed by atoms with E-state index in [-0.39, 0.29) is 17.3 Å². The molecule has 0 radical (unpaired) electrons. The first-order valence-corrected chi connectivity index (χ1v) is 6.53. The van der Waals surface area contributed by atoms with Crippen molar-refractivity contribution in [2.24, 2.45) is 5.92 Å². The van der Waals surface area contributed by atoms with Gasteiger partial charge in [-0.25, -0.2) is 4.79 Å². The third-order valence-corrected chi connectivity index (χ3v) is 3.54. The Balaban J connectivity index is 1.95. The van der Waals surface area contributed by atoms with Gasteiger partial charge in [-0.3, -0.25) is 4.79 Å². The Morgan fingerprint density at radius 1 is 1.11 bits per heavy atom. The maximum absolute atomic E-state index is 12.0. The predicted octanol–water partition coefficient (Wildman–Crippen LogP) is 3.52. The van der Waals surface area contributed by atoms with Crippen molar-refractivity contribution in [1.82, 2.24) is 0 Å². The number of rotatable bonds is 4. The molecule has 0 atom stereocenters. The minimum absolute atomic E-state index is 0.0746. The third-order valence-electron chi connectivity index (χ3n) is 3.54. The fourth-order valence-corrected chi connectivity index (χ4v) is 2.53. The minimum atomic E-state index is -1.14. The van der Waals surface area contributed by atoms with Gasteiger partial charge >= 0.3 is 5.97 Å². The van der Waals surface area contributed by atoms with Crippen molar-refractivity contribution in [1.29, 1.82) is 0 Å². The van der Waals surface area contributed by atoms with Crippen molar-refractivity contribution in [2.45, 2.75) is 44.9 Å². The zero-order valence-corrected chi connectivity index (χ0v) is 10.4. The number of ketones is 1. The molecule has 0 saturated heterocycles. The van der Waals surface area contributed by atoms with Crippen molar-refractivity contribution in [3.05, 3.63) is 23.7 Å². The smallest absolute Gasteiger partial charge is 0.371 e. The van der Waals surface area contributed by atoms with E-state index in [1.54, 1.807) is 0 Å². The molecule has 18 heavy (non-hydrogen) atoms. The lowest BCUT2D eigenvalue weighted by atomic mass is 9.94. The van der Waals surface area contributed by atoms with Crippen LogP contribution in [0.3, 0.4) is 0 Å². The number of hydrogen-bond donors (Lipinski definition) is 1. The predicted molar refractivity (Wildman–Crippen MR) is 65.8 cm³/mol. The van der Waals surface area contributed by atoms with Gasteiger partial charge in [0, 0.05) is 6.42 Å². The quantitative estimate of drug-likeness (QED) is 0.655. The van der Waals surface area contributed by atoms with Crippen LogP contribution in [0, 0.1) is 5.92 Å². The van der Waals surface area contributed by atoms with Crippen LogP contribution in [-0.2, 0) is 0 Å². The monoisotopic (exact) mass is 250 g/mol. The average Bonchev–Trinajstić information content (AvgIpc) is 2.70. The first-order chi connectivity index (χ1) is 8.66. The van der Waals surface area contributed by atoms with Crippen molar-refractivity contribution >= 4 is 11.8 Å². The van der Waals surface area contributed by atoms with E-state index in [1.807, 2.05) is 0 Å². The Morgan fingerprint density at radius 2 is 1.72 bits per heavy atom. The van der Waals surface area contributed by atoms with Gasteiger partial charge in [0.15, 0.2) is 11.5 Å². The van der Waals surface area contributed by atoms with Crippen LogP contribution in [0.4, 0.5) is 0 Å². The summed E-state index contributed by atoms with van der Waals surface area (Å²) in [6.07, 6.45) is 7.57. The molecule has 1 N–H and O–H groups in total. The number of carbonyl (C=O) groups is 2. The molecule has 0 aromatic carbocycles. The van der Waals surface area contributed by atoms with E-state index in [1.165, 1.54) is 37.8 Å². The van der Waals surface area contributed by atoms with Crippen LogP contribution in [0.1, 0.15) is 66.1 Å². The minimum Gasteiger partial charge on any atom is -0.475 e. The molecule has 0 aliphatic heterocycles. The Hall–Kier alpha value is -1.58. The molecule has 1 aromatic rings. The SMILES string of the molecule is O=C(O)c1ccc(C(=O)CC2CCCCCC2)o1. The fourth-order valence-electron chi connectivity index (χ4n) is 2.53. The van der Waals surface area contributed by atoms with Gasteiger partial charge in [0.25, 0.3) is 0 Å². The Morgan fingerprint density at radius 3 is 2.28 bits per heavy atom. The van der Waals surface area contributed by atoms with Crippen molar-refractivity contribution < 1.29 is 19.1 Å². The highest BCUT2D eigenvalue weighted by Gasteiger charge is 2.20. The van der Waals surface area contributed by atoms with Crippen LogP contribution in [-0.4, -0.2) is 16.9 Å². The summed E-state index contributed by atoms with van der Waals surface area (Å²) in [4.78, 5) is 22.6. The van der Waals surface area contributed by atoms with Gasteiger partial charge in [-0.1, -0.05) is 38.5 Å². The van der Waals surface area contributed by atoms with Gasteiger partial charge in [-0.05, 0) is 18.1 Å². The molecule has 1 aliphatic rings. The highest BCUT2D eigenvalue weighted by atomic mass is 16.4. The molecule has 1 saturated carbocycles. The maximum Gasteiger partial charge on any atom is 0.371 e. The number of carboxylic acids is 1. The van der Waals surface area contributed by atoms with Crippen LogP contribution in [0.2, 0.25) is 0 Å². The van der Waals surface area contributed by atoms with E-state index in [4.69, 9.17) is 9.52 Å². The zero-order valence-electron chi connectivity index (χ0n) is 10.4. The van der Waals surface area contributed by atoms with E-state index in [2.05, 4.69) is 0 Å². The lowest BCUT2D eigenvalue weighted by Crippen LogP contribution is -2.07. The molecule has 1 fully saturated rings. The normalized spacial score (nSPS) is 17.3. The summed E-state index contributed by atoms with van der Waals surface area (Å²) in [5, 5.41) is 8.73. The number of furan rings is 1. The Kier molecular flexibility index (Phi) is 4.18. The molecular weight excluding hydrogens is 232 g/mol. The van der Waals surface area contributed by atoms with Crippen LogP contribution < -0.4 is 0 Å². The van der Waals surface area contributed by atoms with Crippen molar-refractivity contribution in [2.75, 3.05) is 0 Å². The second-order valence-electron chi connectivity index (χ2n) is 4.95. The lowest BCUT2D eigenvalue weighted by Gasteiger charge is -2.11. The first-order valence-electron chi connectivity index (χ1n) is 6.53. The van der Waals surface area contributed by atoms with Gasteiger partial charge in [0.2, 0.25) is 5.76 Å². The lowest BCUT2D eigenvalue weighted by molar-refractivity contribution is 0.0659. The summed E-state index contributed by atoms with van der Waals surface area (Å²) in [6.45, 7) is 0. The summed E-state index contributed by atoms with van der Waals surface area (Å²) in [5.74, 6) is -0.771. The summed E-state index contributed by atoms with van der Waals surface area (Å²) in [7, 11) is 0. The number of Topliss-reactive ketones (excluding diaryl/α,β-unsaturated/α-hetero) is 1. The fraction of sp³-hybridized carbons (Fsp3) is 0.571. The summed E-state index contributed by atoms with van der Waals surface area (Å²) in [6, 6.07) is 2.80. The molecule has 1 heterocycles. The molecular formula is C14H18O4. The van der Waals surface area contributed by atoms with Crippen molar-refractivity contribution in [3.8, 4) is 0 Å². The van der Waals surface area contributed by atoms with Crippen LogP contribution in [0.15, 0.2) is 16.5 Å². The molecule has 4 nitrogen and oxygen atoms in total. The topological polar surface area (TPSA) is 67.5 Å². The average molecular weight is 250 g/mol. The molecule has 0 bridgehead atoms. The van der Waals surface area contributed by atoms with Gasteiger partial charge < -0.3 is 9.52 Å². The number of aromatic carboxylic acids is 1. The summed E-state index contributed by atoms with van der Waals surface area (Å²) in [5.41, 5.74) is 0. The summed E-state index contributed by atoms with van der Waals surface area (Å²) >= 11 is 0. The third kappa shape index (κ3) is 3.22. The van der Waals surface area contributed by atoms with Gasteiger partial charge in [-0.15, -0.1) is 0 Å². The van der Waals surface area contributed by atoms with E-state index < -0.39 is 5.97 Å². The van der Waals surface area contributed by atoms with Crippen LogP contribution in [0.25, 0.3) is 0 Å². The van der Waals surface area contributed by atoms with Crippen molar-refractivity contribution in [3.63, 3.8) is 0 Å². The largest absolute Gasteiger partial charge is 0.475 e. The van der Waals surface area contributed by atoms with Crippen LogP contribution in [0.5, 0.6) is 0 Å². The second-order valence-corrected chi connectivity index (χ2v) is 4.95. The highest BCUT2D eigenvalue weighted by molar-refractivity contribution is 5.95. The van der Waals surface area contributed by atoms with E-state index >= 15 is 0 Å². The molecule has 98 valence electrons. The van der Waals surface area contributed by atoms with Gasteiger partial charge in [0.1, 0.15) is 0 Å². The van der Waals surface area contributed by atoms with Crippen LogP contribution >= 0.6 is 0 Å². The van der Waals surface area contributed by atoms with Gasteiger partial charge in [-0.2, -0.15) is 0 Å². The van der Waals surface area contributed by atoms with E-state index in [0.717, 1.165) is 12.8 Å². The Labute approximate surface area is 106 Å².